The Morgan fingerprint density at radius 2 is 1.52 bits per heavy atom. The van der Waals surface area contributed by atoms with Crippen LogP contribution in [0.15, 0.2) is 0 Å². The Kier molecular flexibility index (Phi) is 4.02. The molecule has 0 atom stereocenters. The van der Waals surface area contributed by atoms with Gasteiger partial charge in [0.1, 0.15) is 0 Å². The van der Waals surface area contributed by atoms with Crippen LogP contribution in [0.2, 0.25) is 0 Å². The lowest BCUT2D eigenvalue weighted by atomic mass is 9.73. The zero-order valence-corrected chi connectivity index (χ0v) is 10.9. The Bertz CT molecular complexity index is 380. The number of carbonyl (C=O) groups is 1. The molecule has 0 aromatic rings. The van der Waals surface area contributed by atoms with Crippen LogP contribution in [0.3, 0.4) is 0 Å². The maximum atomic E-state index is 12.3. The first-order valence-corrected chi connectivity index (χ1v) is 6.33. The van der Waals surface area contributed by atoms with Crippen LogP contribution in [0.4, 0.5) is 31.1 Å². The van der Waals surface area contributed by atoms with Gasteiger partial charge in [-0.25, -0.2) is 4.79 Å². The van der Waals surface area contributed by atoms with Crippen LogP contribution in [0.1, 0.15) is 12.8 Å². The summed E-state index contributed by atoms with van der Waals surface area (Å²) in [5.41, 5.74) is 0.0181. The number of amides is 1. The summed E-state index contributed by atoms with van der Waals surface area (Å²) in [4.78, 5) is 12.4. The van der Waals surface area contributed by atoms with E-state index in [2.05, 4.69) is 10.1 Å². The number of nitrogens with one attached hydrogen (secondary N) is 1. The van der Waals surface area contributed by atoms with E-state index in [1.165, 1.54) is 0 Å². The van der Waals surface area contributed by atoms with Crippen molar-refractivity contribution < 1.29 is 35.9 Å². The SMILES string of the molecule is O=C(OC(C(F)(F)F)C(F)(F)F)N1CCC2(CC1)CNC2. The summed E-state index contributed by atoms with van der Waals surface area (Å²) in [6.07, 6.45) is -15.9. The number of nitrogens with zero attached hydrogens (tertiary/aromatic N) is 1. The number of ether oxygens (including phenoxy) is 1. The first-order chi connectivity index (χ1) is 9.54. The Labute approximate surface area is 116 Å². The van der Waals surface area contributed by atoms with Crippen LogP contribution in [-0.4, -0.2) is 55.6 Å². The van der Waals surface area contributed by atoms with Crippen molar-refractivity contribution in [2.45, 2.75) is 31.3 Å². The monoisotopic (exact) mass is 320 g/mol. The van der Waals surface area contributed by atoms with Crippen LogP contribution >= 0.6 is 0 Å². The second-order valence-electron chi connectivity index (χ2n) is 5.44. The zero-order valence-electron chi connectivity index (χ0n) is 10.9. The topological polar surface area (TPSA) is 41.6 Å². The van der Waals surface area contributed by atoms with E-state index in [9.17, 15) is 31.1 Å². The third-order valence-corrected chi connectivity index (χ3v) is 3.90. The van der Waals surface area contributed by atoms with Crippen LogP contribution in [-0.2, 0) is 4.74 Å². The lowest BCUT2D eigenvalue weighted by Crippen LogP contribution is -2.59. The summed E-state index contributed by atoms with van der Waals surface area (Å²) in [6, 6.07) is 0. The van der Waals surface area contributed by atoms with Gasteiger partial charge in [0.15, 0.2) is 0 Å². The van der Waals surface area contributed by atoms with Gasteiger partial charge in [-0.15, -0.1) is 0 Å². The molecule has 2 aliphatic rings. The van der Waals surface area contributed by atoms with Gasteiger partial charge < -0.3 is 15.0 Å². The maximum Gasteiger partial charge on any atom is 0.434 e. The minimum absolute atomic E-state index is 0.0181. The number of halogens is 6. The van der Waals surface area contributed by atoms with Crippen LogP contribution in [0.5, 0.6) is 0 Å². The fourth-order valence-corrected chi connectivity index (χ4v) is 2.49. The quantitative estimate of drug-likeness (QED) is 0.754. The van der Waals surface area contributed by atoms with Crippen molar-refractivity contribution in [1.29, 1.82) is 0 Å². The summed E-state index contributed by atoms with van der Waals surface area (Å²) in [6.45, 7) is 1.71. The van der Waals surface area contributed by atoms with Crippen LogP contribution in [0, 0.1) is 5.41 Å². The molecule has 0 saturated carbocycles. The lowest BCUT2D eigenvalue weighted by Gasteiger charge is -2.48. The van der Waals surface area contributed by atoms with Crippen molar-refractivity contribution in [3.8, 4) is 0 Å². The van der Waals surface area contributed by atoms with E-state index in [1.807, 2.05) is 0 Å². The minimum Gasteiger partial charge on any atom is -0.426 e. The molecule has 1 N–H and O–H groups in total. The van der Waals surface area contributed by atoms with Crippen molar-refractivity contribution in [1.82, 2.24) is 10.2 Å². The van der Waals surface area contributed by atoms with Crippen molar-refractivity contribution in [3.63, 3.8) is 0 Å². The molecule has 2 heterocycles. The van der Waals surface area contributed by atoms with E-state index in [4.69, 9.17) is 0 Å². The fourth-order valence-electron chi connectivity index (χ4n) is 2.49. The van der Waals surface area contributed by atoms with Gasteiger partial charge >= 0.3 is 18.4 Å². The van der Waals surface area contributed by atoms with Crippen molar-refractivity contribution >= 4 is 6.09 Å². The molecular formula is C11H14F6N2O2. The average Bonchev–Trinajstić information content (AvgIpc) is 2.31. The van der Waals surface area contributed by atoms with E-state index in [1.54, 1.807) is 0 Å². The molecule has 1 amide bonds. The number of alkyl halides is 6. The van der Waals surface area contributed by atoms with E-state index >= 15 is 0 Å². The van der Waals surface area contributed by atoms with Crippen molar-refractivity contribution in [2.24, 2.45) is 5.41 Å². The molecule has 2 saturated heterocycles. The molecular weight excluding hydrogens is 306 g/mol. The lowest BCUT2D eigenvalue weighted by molar-refractivity contribution is -0.308. The molecule has 10 heteroatoms. The van der Waals surface area contributed by atoms with Gasteiger partial charge in [0, 0.05) is 26.2 Å². The third kappa shape index (κ3) is 3.53. The highest BCUT2D eigenvalue weighted by Gasteiger charge is 2.60. The van der Waals surface area contributed by atoms with E-state index in [0.717, 1.165) is 18.0 Å². The molecule has 0 aliphatic carbocycles. The first-order valence-electron chi connectivity index (χ1n) is 6.33. The second-order valence-corrected chi connectivity index (χ2v) is 5.44. The number of piperidine rings is 1. The van der Waals surface area contributed by atoms with Gasteiger partial charge in [0.2, 0.25) is 0 Å². The van der Waals surface area contributed by atoms with Crippen LogP contribution in [0.25, 0.3) is 0 Å². The predicted molar refractivity (Wildman–Crippen MR) is 58.5 cm³/mol. The van der Waals surface area contributed by atoms with Gasteiger partial charge in [-0.05, 0) is 18.3 Å². The molecule has 122 valence electrons. The molecule has 2 aliphatic heterocycles. The van der Waals surface area contributed by atoms with E-state index in [0.29, 0.717) is 12.8 Å². The number of rotatable bonds is 1. The summed E-state index contributed by atoms with van der Waals surface area (Å²) in [5.74, 6) is 0. The van der Waals surface area contributed by atoms with E-state index < -0.39 is 24.5 Å². The molecule has 21 heavy (non-hydrogen) atoms. The molecule has 0 bridgehead atoms. The fraction of sp³-hybridized carbons (Fsp3) is 0.909. The van der Waals surface area contributed by atoms with Crippen molar-refractivity contribution in [2.75, 3.05) is 26.2 Å². The van der Waals surface area contributed by atoms with Gasteiger partial charge in [0.05, 0.1) is 0 Å². The molecule has 0 unspecified atom stereocenters. The Morgan fingerprint density at radius 3 is 1.86 bits per heavy atom. The highest BCUT2D eigenvalue weighted by molar-refractivity contribution is 5.68. The summed E-state index contributed by atoms with van der Waals surface area (Å²) >= 11 is 0. The minimum atomic E-state index is -5.68. The molecule has 0 aromatic carbocycles. The van der Waals surface area contributed by atoms with Crippen LogP contribution < -0.4 is 5.32 Å². The maximum absolute atomic E-state index is 12.3. The van der Waals surface area contributed by atoms with Gasteiger partial charge in [-0.1, -0.05) is 0 Å². The molecule has 2 rings (SSSR count). The van der Waals surface area contributed by atoms with Gasteiger partial charge in [-0.2, -0.15) is 26.3 Å². The smallest absolute Gasteiger partial charge is 0.426 e. The molecule has 4 nitrogen and oxygen atoms in total. The highest BCUT2D eigenvalue weighted by Crippen LogP contribution is 2.38. The summed E-state index contributed by atoms with van der Waals surface area (Å²) in [7, 11) is 0. The number of hydrogen-bond acceptors (Lipinski definition) is 3. The largest absolute Gasteiger partial charge is 0.434 e. The summed E-state index contributed by atoms with van der Waals surface area (Å²) in [5, 5.41) is 3.06. The average molecular weight is 320 g/mol. The Morgan fingerprint density at radius 1 is 1.05 bits per heavy atom. The summed E-state index contributed by atoms with van der Waals surface area (Å²) < 4.78 is 77.5. The Balaban J connectivity index is 1.94. The molecule has 2 fully saturated rings. The van der Waals surface area contributed by atoms with E-state index in [-0.39, 0.29) is 18.5 Å². The van der Waals surface area contributed by atoms with Gasteiger partial charge in [0.25, 0.3) is 6.10 Å². The number of carbonyl (C=O) groups excluding carboxylic acids is 1. The Hall–Kier alpha value is -1.19. The molecule has 1 spiro atoms. The van der Waals surface area contributed by atoms with Gasteiger partial charge in [-0.3, -0.25) is 0 Å². The van der Waals surface area contributed by atoms with Crippen molar-refractivity contribution in [3.05, 3.63) is 0 Å². The molecule has 0 radical (unpaired) electrons. The molecule has 0 aromatic heterocycles. The second kappa shape index (κ2) is 5.22. The zero-order chi connectivity index (χ0) is 15.9. The normalized spacial score (nSPS) is 22.3. The predicted octanol–water partition coefficient (Wildman–Crippen LogP) is 2.30. The standard InChI is InChI=1S/C11H14F6N2O2/c12-10(13,14)7(11(15,16)17)21-8(20)19-3-1-9(2-4-19)5-18-6-9/h7,18H,1-6H2. The third-order valence-electron chi connectivity index (χ3n) is 3.90. The first kappa shape index (κ1) is 16.2. The number of likely N-dealkylation sites (tertiary alicyclic amines) is 1. The highest BCUT2D eigenvalue weighted by atomic mass is 19.4. The number of hydrogen-bond donors (Lipinski definition) is 1.